The Morgan fingerprint density at radius 2 is 2.20 bits per heavy atom. The third-order valence-corrected chi connectivity index (χ3v) is 4.66. The molecule has 0 aliphatic rings. The predicted molar refractivity (Wildman–Crippen MR) is 95.4 cm³/mol. The zero-order valence-electron chi connectivity index (χ0n) is 14.0. The Labute approximate surface area is 147 Å². The number of hydrogen-bond acceptors (Lipinski definition) is 6. The van der Waals surface area contributed by atoms with Crippen molar-refractivity contribution in [3.63, 3.8) is 0 Å². The fourth-order valence-electron chi connectivity index (χ4n) is 2.49. The maximum atomic E-state index is 12.8. The molecule has 25 heavy (non-hydrogen) atoms. The van der Waals surface area contributed by atoms with E-state index in [2.05, 4.69) is 4.98 Å². The topological polar surface area (TPSA) is 89.6 Å². The van der Waals surface area contributed by atoms with Crippen LogP contribution in [0, 0.1) is 6.92 Å². The lowest BCUT2D eigenvalue weighted by molar-refractivity contribution is -0.144. The van der Waals surface area contributed by atoms with E-state index in [0.29, 0.717) is 34.4 Å². The molecular formula is C18H17NO5S. The molecule has 3 rings (SSSR count). The van der Waals surface area contributed by atoms with Crippen LogP contribution in [-0.4, -0.2) is 22.2 Å². The Morgan fingerprint density at radius 3 is 2.80 bits per heavy atom. The molecular weight excluding hydrogens is 342 g/mol. The van der Waals surface area contributed by atoms with E-state index in [1.54, 1.807) is 12.1 Å². The van der Waals surface area contributed by atoms with Gasteiger partial charge in [0.15, 0.2) is 6.10 Å². The molecule has 0 amide bonds. The van der Waals surface area contributed by atoms with Crippen molar-refractivity contribution >= 4 is 28.3 Å². The number of aliphatic carboxylic acids is 1. The minimum absolute atomic E-state index is 0.168. The fourth-order valence-corrected chi connectivity index (χ4v) is 3.11. The van der Waals surface area contributed by atoms with E-state index >= 15 is 0 Å². The van der Waals surface area contributed by atoms with Crippen molar-refractivity contribution in [2.24, 2.45) is 0 Å². The van der Waals surface area contributed by atoms with E-state index in [1.165, 1.54) is 24.5 Å². The lowest BCUT2D eigenvalue weighted by atomic mass is 10.1. The van der Waals surface area contributed by atoms with Crippen LogP contribution in [-0.2, 0) is 11.2 Å². The normalized spacial score (nSPS) is 12.3. The van der Waals surface area contributed by atoms with Gasteiger partial charge in [0.1, 0.15) is 17.6 Å². The van der Waals surface area contributed by atoms with E-state index in [-0.39, 0.29) is 5.43 Å². The van der Waals surface area contributed by atoms with Gasteiger partial charge in [-0.15, -0.1) is 11.3 Å². The van der Waals surface area contributed by atoms with Crippen molar-refractivity contribution < 1.29 is 19.1 Å². The van der Waals surface area contributed by atoms with Crippen LogP contribution in [0.2, 0.25) is 0 Å². The zero-order chi connectivity index (χ0) is 18.1. The van der Waals surface area contributed by atoms with Crippen molar-refractivity contribution in [3.8, 4) is 17.0 Å². The summed E-state index contributed by atoms with van der Waals surface area (Å²) >= 11 is 1.47. The number of nitrogens with zero attached hydrogens (tertiary/aromatic N) is 1. The molecule has 130 valence electrons. The average molecular weight is 359 g/mol. The third kappa shape index (κ3) is 3.28. The highest BCUT2D eigenvalue weighted by Gasteiger charge is 2.18. The summed E-state index contributed by atoms with van der Waals surface area (Å²) in [4.78, 5) is 28.2. The van der Waals surface area contributed by atoms with E-state index in [9.17, 15) is 9.59 Å². The van der Waals surface area contributed by atoms with Crippen LogP contribution in [0.3, 0.4) is 0 Å². The smallest absolute Gasteiger partial charge is 0.344 e. The number of carboxylic acid groups (broad SMARTS) is 1. The van der Waals surface area contributed by atoms with Crippen LogP contribution in [0.5, 0.6) is 5.75 Å². The molecule has 6 nitrogen and oxygen atoms in total. The largest absolute Gasteiger partial charge is 0.479 e. The average Bonchev–Trinajstić information content (AvgIpc) is 3.00. The molecule has 0 aliphatic heterocycles. The van der Waals surface area contributed by atoms with Gasteiger partial charge < -0.3 is 14.3 Å². The van der Waals surface area contributed by atoms with Crippen LogP contribution in [0.1, 0.15) is 24.4 Å². The summed E-state index contributed by atoms with van der Waals surface area (Å²) in [6.45, 7) is 5.24. The molecule has 0 unspecified atom stereocenters. The molecule has 0 saturated heterocycles. The quantitative estimate of drug-likeness (QED) is 0.748. The third-order valence-electron chi connectivity index (χ3n) is 3.88. The summed E-state index contributed by atoms with van der Waals surface area (Å²) in [6.07, 6.45) is 0.985. The molecule has 2 aromatic heterocycles. The SMILES string of the molecule is CCc1cc2c(=O)c(-c3csc(C)n3)coc2cc1O[C@H](C)C(=O)O. The van der Waals surface area contributed by atoms with E-state index < -0.39 is 12.1 Å². The first-order chi connectivity index (χ1) is 11.9. The Kier molecular flexibility index (Phi) is 4.59. The number of benzene rings is 1. The predicted octanol–water partition coefficient (Wildman–Crippen LogP) is 3.64. The van der Waals surface area contributed by atoms with Gasteiger partial charge in [0.25, 0.3) is 0 Å². The van der Waals surface area contributed by atoms with Crippen molar-refractivity contribution in [2.75, 3.05) is 0 Å². The van der Waals surface area contributed by atoms with Crippen molar-refractivity contribution in [3.05, 3.63) is 44.6 Å². The minimum Gasteiger partial charge on any atom is -0.479 e. The number of thiazole rings is 1. The zero-order valence-corrected chi connectivity index (χ0v) is 14.8. The van der Waals surface area contributed by atoms with E-state index in [1.807, 2.05) is 19.2 Å². The molecule has 7 heteroatoms. The van der Waals surface area contributed by atoms with Gasteiger partial charge in [-0.3, -0.25) is 4.79 Å². The number of aryl methyl sites for hydroxylation is 2. The van der Waals surface area contributed by atoms with E-state index in [4.69, 9.17) is 14.3 Å². The summed E-state index contributed by atoms with van der Waals surface area (Å²) in [5.41, 5.74) is 1.94. The Hall–Kier alpha value is -2.67. The second kappa shape index (κ2) is 6.68. The van der Waals surface area contributed by atoms with Crippen molar-refractivity contribution in [1.82, 2.24) is 4.98 Å². The first-order valence-corrected chi connectivity index (χ1v) is 8.69. The maximum absolute atomic E-state index is 12.8. The summed E-state index contributed by atoms with van der Waals surface area (Å²) in [5, 5.41) is 12.1. The molecule has 0 saturated carbocycles. The highest BCUT2D eigenvalue weighted by molar-refractivity contribution is 7.09. The van der Waals surface area contributed by atoms with Crippen LogP contribution in [0.25, 0.3) is 22.2 Å². The number of carboxylic acids is 1. The molecule has 1 N–H and O–H groups in total. The second-order valence-electron chi connectivity index (χ2n) is 5.64. The van der Waals surface area contributed by atoms with Crippen molar-refractivity contribution in [1.29, 1.82) is 0 Å². The van der Waals surface area contributed by atoms with E-state index in [0.717, 1.165) is 10.6 Å². The molecule has 0 fully saturated rings. The number of rotatable bonds is 5. The van der Waals surface area contributed by atoms with Gasteiger partial charge in [-0.1, -0.05) is 6.92 Å². The van der Waals surface area contributed by atoms with Crippen LogP contribution < -0.4 is 10.2 Å². The summed E-state index contributed by atoms with van der Waals surface area (Å²) < 4.78 is 11.1. The van der Waals surface area contributed by atoms with Gasteiger partial charge >= 0.3 is 5.97 Å². The van der Waals surface area contributed by atoms with Crippen LogP contribution in [0.4, 0.5) is 0 Å². The highest BCUT2D eigenvalue weighted by Crippen LogP contribution is 2.28. The number of fused-ring (bicyclic) bond motifs is 1. The van der Waals surface area contributed by atoms with Gasteiger partial charge in [0.05, 0.1) is 21.7 Å². The molecule has 0 radical (unpaired) electrons. The molecule has 0 aliphatic carbocycles. The first-order valence-electron chi connectivity index (χ1n) is 7.81. The number of aromatic nitrogens is 1. The molecule has 3 aromatic rings. The summed E-state index contributed by atoms with van der Waals surface area (Å²) in [6, 6.07) is 3.28. The van der Waals surface area contributed by atoms with Crippen LogP contribution >= 0.6 is 11.3 Å². The molecule has 0 spiro atoms. The highest BCUT2D eigenvalue weighted by atomic mass is 32.1. The second-order valence-corrected chi connectivity index (χ2v) is 6.70. The van der Waals surface area contributed by atoms with Gasteiger partial charge in [0, 0.05) is 11.4 Å². The summed E-state index contributed by atoms with van der Waals surface area (Å²) in [7, 11) is 0. The lowest BCUT2D eigenvalue weighted by Gasteiger charge is -2.14. The van der Waals surface area contributed by atoms with Gasteiger partial charge in [-0.2, -0.15) is 0 Å². The van der Waals surface area contributed by atoms with Gasteiger partial charge in [-0.25, -0.2) is 9.78 Å². The Morgan fingerprint density at radius 1 is 1.44 bits per heavy atom. The molecule has 1 aromatic carbocycles. The maximum Gasteiger partial charge on any atom is 0.344 e. The first kappa shape index (κ1) is 17.2. The van der Waals surface area contributed by atoms with Gasteiger partial charge in [0.2, 0.25) is 5.43 Å². The van der Waals surface area contributed by atoms with Gasteiger partial charge in [-0.05, 0) is 31.9 Å². The molecule has 2 heterocycles. The fraction of sp³-hybridized carbons (Fsp3) is 0.278. The number of ether oxygens (including phenoxy) is 1. The molecule has 0 bridgehead atoms. The summed E-state index contributed by atoms with van der Waals surface area (Å²) in [5.74, 6) is -0.650. The van der Waals surface area contributed by atoms with Crippen LogP contribution in [0.15, 0.2) is 33.0 Å². The number of carbonyl (C=O) groups is 1. The number of hydrogen-bond donors (Lipinski definition) is 1. The van der Waals surface area contributed by atoms with Crippen molar-refractivity contribution in [2.45, 2.75) is 33.3 Å². The lowest BCUT2D eigenvalue weighted by Crippen LogP contribution is -2.23. The monoisotopic (exact) mass is 359 g/mol. The minimum atomic E-state index is -1.06. The molecule has 1 atom stereocenters. The Bertz CT molecular complexity index is 1000. The Balaban J connectivity index is 2.13. The standard InChI is InChI=1S/C18H17NO5S/c1-4-11-5-12-16(6-15(11)24-9(2)18(21)22)23-7-13(17(12)20)14-8-25-10(3)19-14/h5-9H,4H2,1-3H3,(H,21,22)/t9-/m1/s1.